The van der Waals surface area contributed by atoms with Crippen molar-refractivity contribution in [1.82, 2.24) is 9.78 Å². The van der Waals surface area contributed by atoms with Crippen LogP contribution in [0.5, 0.6) is 0 Å². The number of aromatic nitrogens is 2. The van der Waals surface area contributed by atoms with E-state index in [0.29, 0.717) is 0 Å². The molecule has 3 nitrogen and oxygen atoms in total. The van der Waals surface area contributed by atoms with Crippen molar-refractivity contribution in [3.63, 3.8) is 0 Å². The van der Waals surface area contributed by atoms with E-state index in [1.165, 1.54) is 10.9 Å². The summed E-state index contributed by atoms with van der Waals surface area (Å²) in [6, 6.07) is 0. The molecule has 0 aromatic carbocycles. The Morgan fingerprint density at radius 1 is 1.75 bits per heavy atom. The van der Waals surface area contributed by atoms with Crippen LogP contribution in [0.3, 0.4) is 0 Å². The second-order valence-corrected chi connectivity index (χ2v) is 2.90. The topological polar surface area (TPSA) is 38.0 Å². The van der Waals surface area contributed by atoms with Gasteiger partial charge in [0.15, 0.2) is 6.10 Å². The van der Waals surface area contributed by atoms with E-state index in [0.717, 1.165) is 6.20 Å². The van der Waals surface area contributed by atoms with Crippen LogP contribution in [-0.2, 0) is 7.05 Å². The standard InChI is InChI=1S/C6H7ClF2N2O/c1-11-3-4(2-10-11)5(12)6(7,8)9/h2-3,5,12H,1H3. The second-order valence-electron chi connectivity index (χ2n) is 2.39. The molecule has 0 fully saturated rings. The average molecular weight is 197 g/mol. The first-order valence-electron chi connectivity index (χ1n) is 3.14. The maximum Gasteiger partial charge on any atom is 0.351 e. The molecule has 1 rings (SSSR count). The van der Waals surface area contributed by atoms with Gasteiger partial charge in [-0.1, -0.05) is 0 Å². The predicted molar refractivity (Wildman–Crippen MR) is 39.0 cm³/mol. The molecule has 0 saturated heterocycles. The van der Waals surface area contributed by atoms with Crippen molar-refractivity contribution in [2.75, 3.05) is 0 Å². The normalized spacial score (nSPS) is 14.8. The number of aryl methyl sites for hydroxylation is 1. The Morgan fingerprint density at radius 2 is 2.33 bits per heavy atom. The van der Waals surface area contributed by atoms with Crippen LogP contribution >= 0.6 is 11.6 Å². The third-order valence-electron chi connectivity index (χ3n) is 1.35. The molecule has 0 aliphatic rings. The summed E-state index contributed by atoms with van der Waals surface area (Å²) in [6.45, 7) is 0. The minimum atomic E-state index is -3.65. The van der Waals surface area contributed by atoms with Gasteiger partial charge in [0, 0.05) is 18.8 Å². The van der Waals surface area contributed by atoms with Crippen molar-refractivity contribution in [2.24, 2.45) is 7.05 Å². The third kappa shape index (κ3) is 1.92. The Bertz CT molecular complexity index is 271. The van der Waals surface area contributed by atoms with Gasteiger partial charge in [0.2, 0.25) is 0 Å². The van der Waals surface area contributed by atoms with Crippen LogP contribution in [0.15, 0.2) is 12.4 Å². The van der Waals surface area contributed by atoms with E-state index in [9.17, 15) is 8.78 Å². The fourth-order valence-electron chi connectivity index (χ4n) is 0.770. The first kappa shape index (κ1) is 9.41. The van der Waals surface area contributed by atoms with Gasteiger partial charge in [0.25, 0.3) is 0 Å². The average Bonchev–Trinajstić information content (AvgIpc) is 2.32. The largest absolute Gasteiger partial charge is 0.381 e. The fourth-order valence-corrected chi connectivity index (χ4v) is 0.896. The van der Waals surface area contributed by atoms with Crippen LogP contribution in [0.1, 0.15) is 11.7 Å². The summed E-state index contributed by atoms with van der Waals surface area (Å²) in [6.07, 6.45) is 0.412. The molecule has 1 atom stereocenters. The first-order chi connectivity index (χ1) is 5.41. The lowest BCUT2D eigenvalue weighted by atomic mass is 10.2. The number of rotatable bonds is 2. The van der Waals surface area contributed by atoms with Gasteiger partial charge >= 0.3 is 5.38 Å². The molecule has 12 heavy (non-hydrogen) atoms. The fraction of sp³-hybridized carbons (Fsp3) is 0.500. The molecule has 1 heterocycles. The van der Waals surface area contributed by atoms with Gasteiger partial charge in [0.05, 0.1) is 6.20 Å². The molecule has 0 spiro atoms. The number of aliphatic hydroxyl groups is 1. The molecule has 0 saturated carbocycles. The van der Waals surface area contributed by atoms with E-state index in [1.807, 2.05) is 0 Å². The van der Waals surface area contributed by atoms with E-state index < -0.39 is 11.5 Å². The van der Waals surface area contributed by atoms with Gasteiger partial charge in [-0.15, -0.1) is 0 Å². The number of hydrogen-bond donors (Lipinski definition) is 1. The molecule has 0 radical (unpaired) electrons. The van der Waals surface area contributed by atoms with Crippen molar-refractivity contribution < 1.29 is 13.9 Å². The van der Waals surface area contributed by atoms with Gasteiger partial charge in [-0.25, -0.2) is 0 Å². The third-order valence-corrected chi connectivity index (χ3v) is 1.56. The second kappa shape index (κ2) is 2.99. The van der Waals surface area contributed by atoms with E-state index in [-0.39, 0.29) is 5.56 Å². The Morgan fingerprint density at radius 3 is 2.67 bits per heavy atom. The Balaban J connectivity index is 2.85. The molecule has 1 aromatic heterocycles. The Hall–Kier alpha value is -0.680. The lowest BCUT2D eigenvalue weighted by molar-refractivity contribution is -0.0425. The van der Waals surface area contributed by atoms with Crippen molar-refractivity contribution in [2.45, 2.75) is 11.5 Å². The smallest absolute Gasteiger partial charge is 0.351 e. The molecule has 68 valence electrons. The van der Waals surface area contributed by atoms with Gasteiger partial charge in [-0.3, -0.25) is 4.68 Å². The predicted octanol–water partition coefficient (Wildman–Crippen LogP) is 1.29. The Labute approximate surface area is 72.6 Å². The maximum absolute atomic E-state index is 12.3. The van der Waals surface area contributed by atoms with Crippen molar-refractivity contribution in [3.8, 4) is 0 Å². The van der Waals surface area contributed by atoms with Crippen LogP contribution in [-0.4, -0.2) is 20.3 Å². The van der Waals surface area contributed by atoms with Gasteiger partial charge in [-0.2, -0.15) is 13.9 Å². The molecule has 0 aliphatic heterocycles. The molecule has 0 bridgehead atoms. The van der Waals surface area contributed by atoms with E-state index in [1.54, 1.807) is 7.05 Å². The van der Waals surface area contributed by atoms with Crippen molar-refractivity contribution >= 4 is 11.6 Å². The number of hydrogen-bond acceptors (Lipinski definition) is 2. The number of halogens is 3. The van der Waals surface area contributed by atoms with E-state index >= 15 is 0 Å². The van der Waals surface area contributed by atoms with E-state index in [2.05, 4.69) is 16.7 Å². The summed E-state index contributed by atoms with van der Waals surface area (Å²) in [5.74, 6) is 0. The number of aliphatic hydroxyl groups excluding tert-OH is 1. The lowest BCUT2D eigenvalue weighted by Gasteiger charge is -2.13. The molecular formula is C6H7ClF2N2O. The minimum absolute atomic E-state index is 0.00231. The lowest BCUT2D eigenvalue weighted by Crippen LogP contribution is -2.18. The summed E-state index contributed by atoms with van der Waals surface area (Å²) < 4.78 is 25.9. The highest BCUT2D eigenvalue weighted by Crippen LogP contribution is 2.34. The summed E-state index contributed by atoms with van der Waals surface area (Å²) >= 11 is 4.61. The van der Waals surface area contributed by atoms with Crippen LogP contribution < -0.4 is 0 Å². The zero-order chi connectivity index (χ0) is 9.35. The Kier molecular flexibility index (Phi) is 2.34. The van der Waals surface area contributed by atoms with Gasteiger partial charge in [0.1, 0.15) is 0 Å². The SMILES string of the molecule is Cn1cc(C(O)C(F)(F)Cl)cn1. The van der Waals surface area contributed by atoms with Crippen LogP contribution in [0.2, 0.25) is 0 Å². The minimum Gasteiger partial charge on any atom is -0.381 e. The van der Waals surface area contributed by atoms with Crippen molar-refractivity contribution in [3.05, 3.63) is 18.0 Å². The molecule has 6 heteroatoms. The van der Waals surface area contributed by atoms with E-state index in [4.69, 9.17) is 5.11 Å². The molecular weight excluding hydrogens is 190 g/mol. The molecule has 0 aliphatic carbocycles. The first-order valence-corrected chi connectivity index (χ1v) is 3.52. The van der Waals surface area contributed by atoms with Crippen LogP contribution in [0.25, 0.3) is 0 Å². The summed E-state index contributed by atoms with van der Waals surface area (Å²) in [4.78, 5) is 0. The zero-order valence-electron chi connectivity index (χ0n) is 6.21. The number of alkyl halides is 3. The summed E-state index contributed by atoms with van der Waals surface area (Å²) in [5, 5.41) is 8.90. The molecule has 1 aromatic rings. The highest BCUT2D eigenvalue weighted by atomic mass is 35.5. The molecule has 0 amide bonds. The van der Waals surface area contributed by atoms with Gasteiger partial charge in [-0.05, 0) is 11.6 Å². The monoisotopic (exact) mass is 196 g/mol. The van der Waals surface area contributed by atoms with Crippen LogP contribution in [0, 0.1) is 0 Å². The van der Waals surface area contributed by atoms with Crippen LogP contribution in [0.4, 0.5) is 8.78 Å². The maximum atomic E-state index is 12.3. The summed E-state index contributed by atoms with van der Waals surface area (Å²) in [5.41, 5.74) is -0.00231. The van der Waals surface area contributed by atoms with Gasteiger partial charge < -0.3 is 5.11 Å². The number of nitrogens with zero attached hydrogens (tertiary/aromatic N) is 2. The highest BCUT2D eigenvalue weighted by molar-refractivity contribution is 6.22. The molecule has 1 unspecified atom stereocenters. The van der Waals surface area contributed by atoms with Crippen molar-refractivity contribution in [1.29, 1.82) is 0 Å². The molecule has 1 N–H and O–H groups in total. The zero-order valence-corrected chi connectivity index (χ0v) is 6.96. The highest BCUT2D eigenvalue weighted by Gasteiger charge is 2.37. The summed E-state index contributed by atoms with van der Waals surface area (Å²) in [7, 11) is 1.56. The quantitative estimate of drug-likeness (QED) is 0.724.